The number of amides is 1. The summed E-state index contributed by atoms with van der Waals surface area (Å²) in [5.41, 5.74) is 1.63. The molecule has 1 aromatic heterocycles. The number of halogens is 1. The summed E-state index contributed by atoms with van der Waals surface area (Å²) in [6, 6.07) is 17.3. The minimum atomic E-state index is -0.0143. The average Bonchev–Trinajstić information content (AvgIpc) is 3.26. The molecule has 0 spiro atoms. The lowest BCUT2D eigenvalue weighted by molar-refractivity contribution is 0.0924. The van der Waals surface area contributed by atoms with Crippen molar-refractivity contribution in [2.24, 2.45) is 17.8 Å². The number of fused-ring (bicyclic) bond motifs is 2. The van der Waals surface area contributed by atoms with Gasteiger partial charge in [-0.2, -0.15) is 0 Å². The largest absolute Gasteiger partial charge is 0.490 e. The van der Waals surface area contributed by atoms with Crippen molar-refractivity contribution in [1.29, 1.82) is 0 Å². The van der Waals surface area contributed by atoms with Crippen molar-refractivity contribution < 1.29 is 9.53 Å². The van der Waals surface area contributed by atoms with Crippen LogP contribution < -0.4 is 10.1 Å². The molecule has 3 atom stereocenters. The highest BCUT2D eigenvalue weighted by atomic mass is 35.5. The van der Waals surface area contributed by atoms with Crippen LogP contribution in [0.2, 0.25) is 5.02 Å². The van der Waals surface area contributed by atoms with Gasteiger partial charge in [0.1, 0.15) is 5.75 Å². The molecule has 0 radical (unpaired) electrons. The van der Waals surface area contributed by atoms with Gasteiger partial charge in [-0.1, -0.05) is 30.7 Å². The van der Waals surface area contributed by atoms with Crippen LogP contribution in [-0.4, -0.2) is 23.0 Å². The molecule has 0 saturated heterocycles. The molecule has 3 aromatic rings. The molecule has 0 aliphatic heterocycles. The standard InChI is InChI=1S/C25H25ClN2O2/c1-2-21(28-25(29)15-7-9-16(26)10-8-15)24-19-13-17(14-20(19)24)30-23-11-12-27-22-6-4-3-5-18(22)23/h3-12,17,19-21,24H,2,13-14H2,1H3,(H,28,29). The minimum Gasteiger partial charge on any atom is -0.490 e. The van der Waals surface area contributed by atoms with Crippen LogP contribution in [0.3, 0.4) is 0 Å². The monoisotopic (exact) mass is 420 g/mol. The molecule has 2 fully saturated rings. The Bertz CT molecular complexity index is 1050. The zero-order chi connectivity index (χ0) is 20.7. The van der Waals surface area contributed by atoms with Gasteiger partial charge in [0.05, 0.1) is 11.6 Å². The van der Waals surface area contributed by atoms with E-state index in [1.165, 1.54) is 0 Å². The van der Waals surface area contributed by atoms with E-state index in [-0.39, 0.29) is 18.1 Å². The van der Waals surface area contributed by atoms with E-state index < -0.39 is 0 Å². The second-order valence-corrected chi connectivity index (χ2v) is 8.87. The first-order chi connectivity index (χ1) is 14.6. The smallest absolute Gasteiger partial charge is 0.251 e. The Kier molecular flexibility index (Phi) is 5.11. The number of nitrogens with zero attached hydrogens (tertiary/aromatic N) is 1. The Morgan fingerprint density at radius 3 is 2.60 bits per heavy atom. The summed E-state index contributed by atoms with van der Waals surface area (Å²) < 4.78 is 6.37. The number of aromatic nitrogens is 1. The molecule has 4 nitrogen and oxygen atoms in total. The van der Waals surface area contributed by atoms with E-state index in [0.717, 1.165) is 35.9 Å². The number of ether oxygens (including phenoxy) is 1. The highest BCUT2D eigenvalue weighted by Crippen LogP contribution is 2.60. The van der Waals surface area contributed by atoms with Crippen LogP contribution in [0.15, 0.2) is 60.8 Å². The maximum atomic E-state index is 12.6. The molecule has 1 N–H and O–H groups in total. The van der Waals surface area contributed by atoms with Gasteiger partial charge in [-0.3, -0.25) is 9.78 Å². The second kappa shape index (κ2) is 7.92. The maximum Gasteiger partial charge on any atom is 0.251 e. The fourth-order valence-electron chi connectivity index (χ4n) is 5.21. The number of hydrogen-bond donors (Lipinski definition) is 1. The Balaban J connectivity index is 1.20. The first kappa shape index (κ1) is 19.4. The molecule has 5 heteroatoms. The van der Waals surface area contributed by atoms with Gasteiger partial charge in [0.25, 0.3) is 5.91 Å². The molecule has 2 aliphatic carbocycles. The zero-order valence-corrected chi connectivity index (χ0v) is 17.7. The molecule has 1 heterocycles. The fraction of sp³-hybridized carbons (Fsp3) is 0.360. The van der Waals surface area contributed by atoms with Gasteiger partial charge in [-0.15, -0.1) is 0 Å². The third-order valence-electron chi connectivity index (χ3n) is 6.70. The lowest BCUT2D eigenvalue weighted by Crippen LogP contribution is -2.37. The number of hydrogen-bond acceptors (Lipinski definition) is 3. The van der Waals surface area contributed by atoms with Crippen molar-refractivity contribution in [1.82, 2.24) is 10.3 Å². The van der Waals surface area contributed by atoms with Gasteiger partial charge in [0.15, 0.2) is 0 Å². The second-order valence-electron chi connectivity index (χ2n) is 8.44. The van der Waals surface area contributed by atoms with E-state index in [2.05, 4.69) is 23.3 Å². The topological polar surface area (TPSA) is 51.2 Å². The quantitative estimate of drug-likeness (QED) is 0.572. The summed E-state index contributed by atoms with van der Waals surface area (Å²) in [5, 5.41) is 4.96. The molecule has 0 bridgehead atoms. The lowest BCUT2D eigenvalue weighted by Gasteiger charge is -2.22. The van der Waals surface area contributed by atoms with E-state index in [1.807, 2.05) is 30.5 Å². The van der Waals surface area contributed by atoms with Crippen LogP contribution in [0.25, 0.3) is 10.9 Å². The van der Waals surface area contributed by atoms with Crippen molar-refractivity contribution in [2.75, 3.05) is 0 Å². The van der Waals surface area contributed by atoms with Crippen LogP contribution >= 0.6 is 11.6 Å². The van der Waals surface area contributed by atoms with E-state index in [1.54, 1.807) is 24.3 Å². The molecular formula is C25H25ClN2O2. The average molecular weight is 421 g/mol. The number of nitrogens with one attached hydrogen (secondary N) is 1. The third kappa shape index (κ3) is 3.65. The van der Waals surface area contributed by atoms with Crippen molar-refractivity contribution in [2.45, 2.75) is 38.3 Å². The van der Waals surface area contributed by atoms with Crippen molar-refractivity contribution >= 4 is 28.4 Å². The predicted molar refractivity (Wildman–Crippen MR) is 119 cm³/mol. The van der Waals surface area contributed by atoms with Gasteiger partial charge >= 0.3 is 0 Å². The fourth-order valence-corrected chi connectivity index (χ4v) is 5.34. The van der Waals surface area contributed by atoms with Crippen LogP contribution in [0.4, 0.5) is 0 Å². The zero-order valence-electron chi connectivity index (χ0n) is 16.9. The molecule has 154 valence electrons. The van der Waals surface area contributed by atoms with E-state index in [0.29, 0.717) is 28.3 Å². The van der Waals surface area contributed by atoms with E-state index in [9.17, 15) is 4.79 Å². The Morgan fingerprint density at radius 2 is 1.87 bits per heavy atom. The Morgan fingerprint density at radius 1 is 1.13 bits per heavy atom. The van der Waals surface area contributed by atoms with Crippen molar-refractivity contribution in [3.63, 3.8) is 0 Å². The van der Waals surface area contributed by atoms with Crippen molar-refractivity contribution in [3.8, 4) is 5.75 Å². The minimum absolute atomic E-state index is 0.0143. The number of para-hydroxylation sites is 1. The highest BCUT2D eigenvalue weighted by Gasteiger charge is 2.59. The predicted octanol–water partition coefficient (Wildman–Crippen LogP) is 5.50. The molecule has 3 unspecified atom stereocenters. The van der Waals surface area contributed by atoms with E-state index >= 15 is 0 Å². The molecule has 1 amide bonds. The number of pyridine rings is 1. The summed E-state index contributed by atoms with van der Waals surface area (Å²) in [4.78, 5) is 17.0. The number of benzene rings is 2. The van der Waals surface area contributed by atoms with Gasteiger partial charge in [0, 0.05) is 28.2 Å². The third-order valence-corrected chi connectivity index (χ3v) is 6.95. The first-order valence-corrected chi connectivity index (χ1v) is 11.1. The molecule has 2 aromatic carbocycles. The summed E-state index contributed by atoms with van der Waals surface area (Å²) in [7, 11) is 0. The number of rotatable bonds is 6. The van der Waals surface area contributed by atoms with Gasteiger partial charge < -0.3 is 10.1 Å². The Hall–Kier alpha value is -2.59. The summed E-state index contributed by atoms with van der Waals surface area (Å²) >= 11 is 5.93. The number of carbonyl (C=O) groups excluding carboxylic acids is 1. The van der Waals surface area contributed by atoms with Gasteiger partial charge in [-0.25, -0.2) is 0 Å². The SMILES string of the molecule is CCC(NC(=O)c1ccc(Cl)cc1)C1C2CC(Oc3ccnc4ccccc34)CC21. The summed E-state index contributed by atoms with van der Waals surface area (Å²) in [6.07, 6.45) is 5.11. The Labute approximate surface area is 181 Å². The maximum absolute atomic E-state index is 12.6. The van der Waals surface area contributed by atoms with E-state index in [4.69, 9.17) is 16.3 Å². The molecular weight excluding hydrogens is 396 g/mol. The van der Waals surface area contributed by atoms with Crippen LogP contribution in [0.1, 0.15) is 36.5 Å². The van der Waals surface area contributed by atoms with Gasteiger partial charge in [-0.05, 0) is 79.5 Å². The highest BCUT2D eigenvalue weighted by molar-refractivity contribution is 6.30. The normalized spacial score (nSPS) is 25.5. The number of carbonyl (C=O) groups is 1. The molecule has 5 rings (SSSR count). The summed E-state index contributed by atoms with van der Waals surface area (Å²) in [6.45, 7) is 2.15. The van der Waals surface area contributed by atoms with Crippen LogP contribution in [0, 0.1) is 17.8 Å². The van der Waals surface area contributed by atoms with Crippen LogP contribution in [-0.2, 0) is 0 Å². The van der Waals surface area contributed by atoms with Crippen LogP contribution in [0.5, 0.6) is 5.75 Å². The van der Waals surface area contributed by atoms with Gasteiger partial charge in [0.2, 0.25) is 0 Å². The summed E-state index contributed by atoms with van der Waals surface area (Å²) in [5.74, 6) is 2.74. The molecule has 2 aliphatic rings. The van der Waals surface area contributed by atoms with Crippen molar-refractivity contribution in [3.05, 3.63) is 71.4 Å². The molecule has 30 heavy (non-hydrogen) atoms. The molecule has 2 saturated carbocycles. The lowest BCUT2D eigenvalue weighted by atomic mass is 10.00. The first-order valence-electron chi connectivity index (χ1n) is 10.7.